The van der Waals surface area contributed by atoms with Crippen LogP contribution < -0.4 is 0 Å². The molecule has 3 saturated heterocycles. The van der Waals surface area contributed by atoms with Crippen LogP contribution in [0.2, 0.25) is 0 Å². The SMILES string of the molecule is C=CCCCOC(=O)[C@@H]1[C@H]2C(=O)N([C@@H](CO)C(C)C)C(C(=O)N(CC=C)C(C)(C)CC(C)(C)C)C23CC(C)[C@@]1(C)O3. The van der Waals surface area contributed by atoms with Gasteiger partial charge in [-0.05, 0) is 63.7 Å². The molecule has 0 radical (unpaired) electrons. The molecule has 0 aromatic heterocycles. The van der Waals surface area contributed by atoms with Gasteiger partial charge in [0.05, 0.1) is 30.8 Å². The molecule has 2 amide bonds. The molecule has 1 N–H and O–H groups in total. The third-order valence-electron chi connectivity index (χ3n) is 9.62. The molecule has 3 heterocycles. The maximum atomic E-state index is 14.9. The van der Waals surface area contributed by atoms with E-state index in [-0.39, 0.29) is 42.3 Å². The van der Waals surface area contributed by atoms with Crippen molar-refractivity contribution in [2.24, 2.45) is 29.1 Å². The zero-order valence-corrected chi connectivity index (χ0v) is 26.9. The highest BCUT2D eigenvalue weighted by Gasteiger charge is 2.81. The molecule has 2 bridgehead atoms. The summed E-state index contributed by atoms with van der Waals surface area (Å²) in [5.41, 5.74) is -2.77. The number of nitrogens with zero attached hydrogens (tertiary/aromatic N) is 2. The van der Waals surface area contributed by atoms with Crippen molar-refractivity contribution in [2.45, 2.75) is 117 Å². The summed E-state index contributed by atoms with van der Waals surface area (Å²) in [5.74, 6) is -2.93. The number of likely N-dealkylation sites (tertiary alicyclic amines) is 1. The number of ether oxygens (including phenoxy) is 2. The Labute approximate surface area is 247 Å². The van der Waals surface area contributed by atoms with E-state index in [1.165, 1.54) is 0 Å². The number of aliphatic hydroxyl groups excluding tert-OH is 1. The number of amides is 2. The van der Waals surface area contributed by atoms with E-state index in [0.717, 1.165) is 12.8 Å². The molecule has 1 spiro atoms. The van der Waals surface area contributed by atoms with Gasteiger partial charge >= 0.3 is 5.97 Å². The van der Waals surface area contributed by atoms with Crippen LogP contribution >= 0.6 is 0 Å². The Morgan fingerprint density at radius 3 is 2.37 bits per heavy atom. The fourth-order valence-corrected chi connectivity index (χ4v) is 8.09. The van der Waals surface area contributed by atoms with Crippen molar-refractivity contribution in [1.82, 2.24) is 9.80 Å². The predicted octanol–water partition coefficient (Wildman–Crippen LogP) is 4.75. The van der Waals surface area contributed by atoms with Crippen LogP contribution in [-0.2, 0) is 23.9 Å². The highest BCUT2D eigenvalue weighted by Crippen LogP contribution is 2.66. The number of esters is 1. The Bertz CT molecular complexity index is 1030. The molecule has 0 saturated carbocycles. The van der Waals surface area contributed by atoms with E-state index in [2.05, 4.69) is 33.9 Å². The highest BCUT2D eigenvalue weighted by molar-refractivity contribution is 5.99. The number of rotatable bonds is 13. The average molecular weight is 575 g/mol. The third kappa shape index (κ3) is 5.75. The van der Waals surface area contributed by atoms with Gasteiger partial charge in [-0.1, -0.05) is 53.7 Å². The van der Waals surface area contributed by atoms with Crippen molar-refractivity contribution < 1.29 is 29.0 Å². The summed E-state index contributed by atoms with van der Waals surface area (Å²) in [6, 6.07) is -1.59. The molecule has 232 valence electrons. The fraction of sp³-hybridized carbons (Fsp3) is 0.788. The lowest BCUT2D eigenvalue weighted by molar-refractivity contribution is -0.165. The van der Waals surface area contributed by atoms with Crippen molar-refractivity contribution >= 4 is 17.8 Å². The summed E-state index contributed by atoms with van der Waals surface area (Å²) in [5, 5.41) is 10.5. The number of carbonyl (C=O) groups is 3. The Morgan fingerprint density at radius 2 is 1.85 bits per heavy atom. The van der Waals surface area contributed by atoms with E-state index in [0.29, 0.717) is 19.4 Å². The van der Waals surface area contributed by atoms with E-state index < -0.39 is 46.6 Å². The predicted molar refractivity (Wildman–Crippen MR) is 160 cm³/mol. The van der Waals surface area contributed by atoms with Crippen LogP contribution in [0.15, 0.2) is 25.3 Å². The first-order chi connectivity index (χ1) is 18.9. The van der Waals surface area contributed by atoms with E-state index >= 15 is 0 Å². The molecular weight excluding hydrogens is 520 g/mol. The van der Waals surface area contributed by atoms with Crippen LogP contribution in [0, 0.1) is 29.1 Å². The lowest BCUT2D eigenvalue weighted by Crippen LogP contribution is -2.63. The summed E-state index contributed by atoms with van der Waals surface area (Å²) in [7, 11) is 0. The topological polar surface area (TPSA) is 96.4 Å². The van der Waals surface area contributed by atoms with Gasteiger partial charge in [-0.3, -0.25) is 14.4 Å². The van der Waals surface area contributed by atoms with Gasteiger partial charge in [0.25, 0.3) is 0 Å². The molecule has 3 unspecified atom stereocenters. The number of hydrogen-bond acceptors (Lipinski definition) is 6. The molecule has 3 aliphatic heterocycles. The van der Waals surface area contributed by atoms with E-state index in [4.69, 9.17) is 9.47 Å². The van der Waals surface area contributed by atoms with Crippen molar-refractivity contribution in [2.75, 3.05) is 19.8 Å². The number of fused-ring (bicyclic) bond motifs is 1. The van der Waals surface area contributed by atoms with E-state index in [9.17, 15) is 19.5 Å². The molecule has 41 heavy (non-hydrogen) atoms. The normalized spacial score (nSPS) is 31.8. The molecule has 0 aromatic rings. The molecule has 3 fully saturated rings. The molecule has 7 atom stereocenters. The van der Waals surface area contributed by atoms with Crippen LogP contribution in [0.3, 0.4) is 0 Å². The molecule has 3 aliphatic rings. The summed E-state index contributed by atoms with van der Waals surface area (Å²) in [4.78, 5) is 46.5. The monoisotopic (exact) mass is 574 g/mol. The van der Waals surface area contributed by atoms with Gasteiger partial charge in [0.2, 0.25) is 11.8 Å². The summed E-state index contributed by atoms with van der Waals surface area (Å²) in [6.45, 7) is 26.2. The average Bonchev–Trinajstić information content (AvgIpc) is 3.35. The van der Waals surface area contributed by atoms with E-state index in [1.807, 2.05) is 46.4 Å². The number of unbranched alkanes of at least 4 members (excludes halogenated alkanes) is 1. The number of allylic oxidation sites excluding steroid dienone is 1. The quantitative estimate of drug-likeness (QED) is 0.194. The van der Waals surface area contributed by atoms with Gasteiger partial charge < -0.3 is 24.4 Å². The van der Waals surface area contributed by atoms with Crippen LogP contribution in [0.25, 0.3) is 0 Å². The minimum Gasteiger partial charge on any atom is -0.465 e. The molecule has 0 aromatic carbocycles. The standard InChI is InChI=1S/C33H54N2O6/c1-12-14-15-17-40-29(39)25-24-27(37)35(23(19-36)21(3)4)26(33(24)18-22(5)32(25,11)41-33)28(38)34(16-13-2)31(9,10)20-30(6,7)8/h12-13,21-26,36H,1-2,14-20H2,3-11H3/t22?,23-,24-,25-,26?,32+,33?/m0/s1. The van der Waals surface area contributed by atoms with Crippen molar-refractivity contribution in [1.29, 1.82) is 0 Å². The fourth-order valence-electron chi connectivity index (χ4n) is 8.09. The minimum absolute atomic E-state index is 0.0640. The van der Waals surface area contributed by atoms with Crippen LogP contribution in [0.1, 0.15) is 88.0 Å². The molecule has 8 nitrogen and oxygen atoms in total. The smallest absolute Gasteiger partial charge is 0.312 e. The Morgan fingerprint density at radius 1 is 1.22 bits per heavy atom. The second kappa shape index (κ2) is 11.8. The molecule has 3 rings (SSSR count). The van der Waals surface area contributed by atoms with Gasteiger partial charge in [0.1, 0.15) is 17.6 Å². The maximum absolute atomic E-state index is 14.9. The summed E-state index contributed by atoms with van der Waals surface area (Å²) >= 11 is 0. The van der Waals surface area contributed by atoms with Gasteiger partial charge in [0.15, 0.2) is 0 Å². The maximum Gasteiger partial charge on any atom is 0.312 e. The van der Waals surface area contributed by atoms with Crippen LogP contribution in [0.4, 0.5) is 0 Å². The van der Waals surface area contributed by atoms with E-state index in [1.54, 1.807) is 17.1 Å². The molecule has 8 heteroatoms. The largest absolute Gasteiger partial charge is 0.465 e. The lowest BCUT2D eigenvalue weighted by Gasteiger charge is -2.47. The van der Waals surface area contributed by atoms with Gasteiger partial charge in [-0.15, -0.1) is 13.2 Å². The Balaban J connectivity index is 2.16. The number of aliphatic hydroxyl groups is 1. The van der Waals surface area contributed by atoms with Crippen molar-refractivity contribution in [3.8, 4) is 0 Å². The van der Waals surface area contributed by atoms with Crippen molar-refractivity contribution in [3.05, 3.63) is 25.3 Å². The van der Waals surface area contributed by atoms with Crippen LogP contribution in [0.5, 0.6) is 0 Å². The third-order valence-corrected chi connectivity index (χ3v) is 9.62. The van der Waals surface area contributed by atoms with Gasteiger partial charge in [-0.25, -0.2) is 0 Å². The summed E-state index contributed by atoms with van der Waals surface area (Å²) in [6.07, 6.45) is 6.04. The van der Waals surface area contributed by atoms with Gasteiger partial charge in [-0.2, -0.15) is 0 Å². The van der Waals surface area contributed by atoms with Crippen LogP contribution in [-0.4, -0.2) is 81.3 Å². The summed E-state index contributed by atoms with van der Waals surface area (Å²) < 4.78 is 12.6. The Kier molecular flexibility index (Phi) is 9.61. The minimum atomic E-state index is -1.20. The van der Waals surface area contributed by atoms with Gasteiger partial charge in [0, 0.05) is 12.1 Å². The second-order valence-corrected chi connectivity index (χ2v) is 14.8. The molecular formula is C33H54N2O6. The second-order valence-electron chi connectivity index (χ2n) is 14.8. The zero-order chi connectivity index (χ0) is 31.1. The first kappa shape index (κ1) is 33.3. The first-order valence-corrected chi connectivity index (χ1v) is 15.3. The van der Waals surface area contributed by atoms with Crippen molar-refractivity contribution in [3.63, 3.8) is 0 Å². The highest BCUT2D eigenvalue weighted by atomic mass is 16.6. The Hall–Kier alpha value is -2.19. The lowest BCUT2D eigenvalue weighted by atomic mass is 9.62. The number of carbonyl (C=O) groups excluding carboxylic acids is 3. The zero-order valence-electron chi connectivity index (χ0n) is 26.9. The first-order valence-electron chi connectivity index (χ1n) is 15.3. The molecule has 0 aliphatic carbocycles. The number of hydrogen-bond donors (Lipinski definition) is 1.